The molecule has 1 aliphatic rings. The largest absolute Gasteiger partial charge is 0.379 e. The van der Waals surface area contributed by atoms with Crippen LogP contribution in [0.15, 0.2) is 35.4 Å². The van der Waals surface area contributed by atoms with Gasteiger partial charge in [0.2, 0.25) is 5.91 Å². The Balaban J connectivity index is 1.64. The van der Waals surface area contributed by atoms with E-state index in [4.69, 9.17) is 4.74 Å². The van der Waals surface area contributed by atoms with E-state index < -0.39 is 0 Å². The highest BCUT2D eigenvalue weighted by Gasteiger charge is 2.27. The smallest absolute Gasteiger partial charge is 0.251 e. The van der Waals surface area contributed by atoms with Gasteiger partial charge in [0.05, 0.1) is 18.7 Å². The van der Waals surface area contributed by atoms with Gasteiger partial charge in [0.1, 0.15) is 18.2 Å². The van der Waals surface area contributed by atoms with E-state index in [9.17, 15) is 9.59 Å². The Morgan fingerprint density at radius 2 is 2.19 bits per heavy atom. The number of hydrogen-bond donors (Lipinski definition) is 2. The summed E-state index contributed by atoms with van der Waals surface area (Å²) in [5.41, 5.74) is 0.693. The summed E-state index contributed by atoms with van der Waals surface area (Å²) < 4.78 is 6.94. The molecule has 26 heavy (non-hydrogen) atoms. The van der Waals surface area contributed by atoms with Gasteiger partial charge in [-0.2, -0.15) is 0 Å². The number of pyridine rings is 1. The van der Waals surface area contributed by atoms with Crippen LogP contribution in [0.1, 0.15) is 17.8 Å². The second-order valence-corrected chi connectivity index (χ2v) is 6.45. The first-order valence-corrected chi connectivity index (χ1v) is 8.61. The summed E-state index contributed by atoms with van der Waals surface area (Å²) >= 11 is 0. The van der Waals surface area contributed by atoms with Crippen LogP contribution in [0, 0.1) is 13.8 Å². The van der Waals surface area contributed by atoms with Crippen LogP contribution in [0.3, 0.4) is 0 Å². The lowest BCUT2D eigenvalue weighted by Crippen LogP contribution is -2.53. The van der Waals surface area contributed by atoms with Crippen molar-refractivity contribution >= 4 is 11.7 Å². The standard InChI is InChI=1S/C18H23N5O3/c1-12-4-7-23(18(25)9-12)10-17(24)22-14-5-8-26-11-15(14)21-16-3-6-19-13(2)20-16/h3-4,6-7,9,14-15H,5,8,10-11H2,1-2H3,(H,22,24)(H,19,20,21)/t14-,15+/m0/s1. The first-order valence-electron chi connectivity index (χ1n) is 8.61. The van der Waals surface area contributed by atoms with E-state index in [-0.39, 0.29) is 30.1 Å². The lowest BCUT2D eigenvalue weighted by atomic mass is 10.0. The molecule has 1 amide bonds. The molecule has 0 aliphatic carbocycles. The molecule has 0 aromatic carbocycles. The fourth-order valence-electron chi connectivity index (χ4n) is 2.92. The van der Waals surface area contributed by atoms with Crippen LogP contribution in [0.5, 0.6) is 0 Å². The molecule has 2 atom stereocenters. The number of nitrogens with one attached hydrogen (secondary N) is 2. The van der Waals surface area contributed by atoms with E-state index in [1.807, 2.05) is 19.9 Å². The summed E-state index contributed by atoms with van der Waals surface area (Å²) in [6.45, 7) is 4.71. The molecular formula is C18H23N5O3. The minimum Gasteiger partial charge on any atom is -0.379 e. The molecule has 2 aromatic heterocycles. The van der Waals surface area contributed by atoms with Gasteiger partial charge in [0.25, 0.3) is 5.56 Å². The lowest BCUT2D eigenvalue weighted by Gasteiger charge is -2.33. The van der Waals surface area contributed by atoms with Crippen molar-refractivity contribution < 1.29 is 9.53 Å². The molecule has 1 saturated heterocycles. The molecule has 0 bridgehead atoms. The third-order valence-electron chi connectivity index (χ3n) is 4.28. The summed E-state index contributed by atoms with van der Waals surface area (Å²) in [5.74, 6) is 1.17. The molecule has 0 unspecified atom stereocenters. The Hall–Kier alpha value is -2.74. The molecule has 138 valence electrons. The highest BCUT2D eigenvalue weighted by Crippen LogP contribution is 2.13. The van der Waals surface area contributed by atoms with E-state index in [2.05, 4.69) is 20.6 Å². The maximum absolute atomic E-state index is 12.4. The zero-order valence-corrected chi connectivity index (χ0v) is 14.9. The number of aromatic nitrogens is 3. The summed E-state index contributed by atoms with van der Waals surface area (Å²) in [5, 5.41) is 6.31. The van der Waals surface area contributed by atoms with Gasteiger partial charge >= 0.3 is 0 Å². The van der Waals surface area contributed by atoms with Crippen molar-refractivity contribution in [3.05, 3.63) is 52.3 Å². The third-order valence-corrected chi connectivity index (χ3v) is 4.28. The van der Waals surface area contributed by atoms with Gasteiger partial charge < -0.3 is 19.9 Å². The zero-order chi connectivity index (χ0) is 18.5. The second-order valence-electron chi connectivity index (χ2n) is 6.45. The van der Waals surface area contributed by atoms with Crippen LogP contribution in [0.2, 0.25) is 0 Å². The zero-order valence-electron chi connectivity index (χ0n) is 14.9. The van der Waals surface area contributed by atoms with Gasteiger partial charge in [-0.15, -0.1) is 0 Å². The van der Waals surface area contributed by atoms with Crippen molar-refractivity contribution in [1.29, 1.82) is 0 Å². The van der Waals surface area contributed by atoms with Gasteiger partial charge in [0, 0.05) is 25.1 Å². The molecule has 8 nitrogen and oxygen atoms in total. The second kappa shape index (κ2) is 8.09. The molecule has 0 saturated carbocycles. The van der Waals surface area contributed by atoms with Crippen molar-refractivity contribution in [2.24, 2.45) is 0 Å². The molecule has 2 aromatic rings. The number of rotatable bonds is 5. The highest BCUT2D eigenvalue weighted by atomic mass is 16.5. The van der Waals surface area contributed by atoms with Crippen molar-refractivity contribution in [3.8, 4) is 0 Å². The van der Waals surface area contributed by atoms with Crippen molar-refractivity contribution in [1.82, 2.24) is 19.9 Å². The topological polar surface area (TPSA) is 98.1 Å². The van der Waals surface area contributed by atoms with Gasteiger partial charge in [-0.1, -0.05) is 0 Å². The number of carbonyl (C=O) groups is 1. The molecule has 3 heterocycles. The van der Waals surface area contributed by atoms with E-state index in [0.29, 0.717) is 31.3 Å². The van der Waals surface area contributed by atoms with Gasteiger partial charge in [-0.3, -0.25) is 9.59 Å². The molecule has 2 N–H and O–H groups in total. The average molecular weight is 357 g/mol. The first-order chi connectivity index (χ1) is 12.5. The van der Waals surface area contributed by atoms with Crippen LogP contribution in [-0.2, 0) is 16.1 Å². The van der Waals surface area contributed by atoms with E-state index >= 15 is 0 Å². The average Bonchev–Trinajstić information content (AvgIpc) is 2.59. The highest BCUT2D eigenvalue weighted by molar-refractivity contribution is 5.76. The lowest BCUT2D eigenvalue weighted by molar-refractivity contribution is -0.123. The summed E-state index contributed by atoms with van der Waals surface area (Å²) in [6, 6.07) is 4.91. The fourth-order valence-corrected chi connectivity index (χ4v) is 2.92. The summed E-state index contributed by atoms with van der Waals surface area (Å²) in [4.78, 5) is 32.8. The minimum absolute atomic E-state index is 0.00416. The predicted octanol–water partition coefficient (Wildman–Crippen LogP) is 0.641. The Bertz CT molecular complexity index is 836. The number of ether oxygens (including phenoxy) is 1. The van der Waals surface area contributed by atoms with Crippen molar-refractivity contribution in [3.63, 3.8) is 0 Å². The van der Waals surface area contributed by atoms with Gasteiger partial charge in [-0.05, 0) is 38.0 Å². The van der Waals surface area contributed by atoms with E-state index in [0.717, 1.165) is 5.56 Å². The SMILES string of the molecule is Cc1ccn(CC(=O)N[C@H]2CCOC[C@H]2Nc2ccnc(C)n2)c(=O)c1. The number of hydrogen-bond acceptors (Lipinski definition) is 6. The summed E-state index contributed by atoms with van der Waals surface area (Å²) in [7, 11) is 0. The first kappa shape index (κ1) is 18.1. The summed E-state index contributed by atoms with van der Waals surface area (Å²) in [6.07, 6.45) is 4.02. The molecule has 8 heteroatoms. The number of anilines is 1. The molecule has 1 fully saturated rings. The molecule has 0 radical (unpaired) electrons. The Morgan fingerprint density at radius 1 is 1.35 bits per heavy atom. The van der Waals surface area contributed by atoms with Crippen LogP contribution >= 0.6 is 0 Å². The van der Waals surface area contributed by atoms with Gasteiger partial charge in [0.15, 0.2) is 0 Å². The Morgan fingerprint density at radius 3 is 2.96 bits per heavy atom. The van der Waals surface area contributed by atoms with Crippen LogP contribution in [0.4, 0.5) is 5.82 Å². The monoisotopic (exact) mass is 357 g/mol. The molecule has 1 aliphatic heterocycles. The number of carbonyl (C=O) groups excluding carboxylic acids is 1. The van der Waals surface area contributed by atoms with E-state index in [1.165, 1.54) is 10.6 Å². The van der Waals surface area contributed by atoms with Crippen molar-refractivity contribution in [2.45, 2.75) is 38.9 Å². The van der Waals surface area contributed by atoms with Crippen LogP contribution in [-0.4, -0.2) is 45.7 Å². The Labute approximate surface area is 151 Å². The predicted molar refractivity (Wildman–Crippen MR) is 97.0 cm³/mol. The molecular weight excluding hydrogens is 334 g/mol. The number of aryl methyl sites for hydroxylation is 2. The van der Waals surface area contributed by atoms with Crippen molar-refractivity contribution in [2.75, 3.05) is 18.5 Å². The third kappa shape index (κ3) is 4.66. The van der Waals surface area contributed by atoms with Crippen LogP contribution < -0.4 is 16.2 Å². The number of nitrogens with zero attached hydrogens (tertiary/aromatic N) is 3. The maximum Gasteiger partial charge on any atom is 0.251 e. The fraction of sp³-hybridized carbons (Fsp3) is 0.444. The van der Waals surface area contributed by atoms with E-state index in [1.54, 1.807) is 18.5 Å². The molecule has 3 rings (SSSR count). The van der Waals surface area contributed by atoms with Crippen LogP contribution in [0.25, 0.3) is 0 Å². The minimum atomic E-state index is -0.200. The van der Waals surface area contributed by atoms with Gasteiger partial charge in [-0.25, -0.2) is 9.97 Å². The Kier molecular flexibility index (Phi) is 5.62. The number of amides is 1. The molecule has 0 spiro atoms. The normalized spacial score (nSPS) is 19.8. The quantitative estimate of drug-likeness (QED) is 0.815. The maximum atomic E-state index is 12.4.